The van der Waals surface area contributed by atoms with Gasteiger partial charge < -0.3 is 14.7 Å². The van der Waals surface area contributed by atoms with Crippen molar-refractivity contribution in [2.45, 2.75) is 32.1 Å². The van der Waals surface area contributed by atoms with E-state index < -0.39 is 0 Å². The molecule has 1 aliphatic carbocycles. The van der Waals surface area contributed by atoms with Gasteiger partial charge in [0.2, 0.25) is 5.91 Å². The molecule has 4 rings (SSSR count). The van der Waals surface area contributed by atoms with Crippen LogP contribution in [0, 0.1) is 5.92 Å². The first-order chi connectivity index (χ1) is 11.7. The number of likely N-dealkylation sites (N-methyl/N-ethyl adjacent to an activating group) is 1. The summed E-state index contributed by atoms with van der Waals surface area (Å²) in [6.45, 7) is 5.81. The number of amides is 1. The molecule has 0 radical (unpaired) electrons. The molecule has 0 N–H and O–H groups in total. The lowest BCUT2D eigenvalue weighted by molar-refractivity contribution is -0.138. The monoisotopic (exact) mass is 329 g/mol. The minimum absolute atomic E-state index is 0.286. The fourth-order valence-electron chi connectivity index (χ4n) is 3.93. The number of hydrogen-bond donors (Lipinski definition) is 0. The molecule has 1 saturated heterocycles. The summed E-state index contributed by atoms with van der Waals surface area (Å²) in [5, 5.41) is 0. The smallest absolute Gasteiger partial charge is 0.225 e. The Morgan fingerprint density at radius 1 is 1.04 bits per heavy atom. The molecule has 2 aliphatic heterocycles. The van der Waals surface area contributed by atoms with E-state index in [-0.39, 0.29) is 5.92 Å². The first-order valence-electron chi connectivity index (χ1n) is 9.27. The molecule has 0 atom stereocenters. The molecule has 6 heteroatoms. The number of carbonyl (C=O) groups is 1. The van der Waals surface area contributed by atoms with Crippen LogP contribution in [0.3, 0.4) is 0 Å². The second-order valence-electron chi connectivity index (χ2n) is 7.37. The summed E-state index contributed by atoms with van der Waals surface area (Å²) in [5.74, 6) is 1.75. The molecule has 130 valence electrons. The van der Waals surface area contributed by atoms with E-state index in [0.717, 1.165) is 76.5 Å². The summed E-state index contributed by atoms with van der Waals surface area (Å²) in [6.07, 6.45) is 6.82. The largest absolute Gasteiger partial charge is 0.354 e. The Hall–Kier alpha value is -1.69. The van der Waals surface area contributed by atoms with Crippen LogP contribution in [0.5, 0.6) is 0 Å². The minimum atomic E-state index is 0.286. The highest BCUT2D eigenvalue weighted by molar-refractivity contribution is 5.79. The normalized spacial score (nSPS) is 22.7. The van der Waals surface area contributed by atoms with Gasteiger partial charge in [0.05, 0.1) is 5.69 Å². The Balaban J connectivity index is 1.50. The SMILES string of the molecule is CN1CCN(c2ncnc3c2CCN(C(=O)C2CCC2)CC3)CC1. The minimum Gasteiger partial charge on any atom is -0.354 e. The van der Waals surface area contributed by atoms with Crippen molar-refractivity contribution in [2.24, 2.45) is 5.92 Å². The van der Waals surface area contributed by atoms with Gasteiger partial charge in [0.15, 0.2) is 0 Å². The Labute approximate surface area is 143 Å². The number of fused-ring (bicyclic) bond motifs is 1. The highest BCUT2D eigenvalue weighted by atomic mass is 16.2. The van der Waals surface area contributed by atoms with Crippen LogP contribution in [-0.4, -0.2) is 72.0 Å². The predicted octanol–water partition coefficient (Wildman–Crippen LogP) is 0.956. The topological polar surface area (TPSA) is 52.6 Å². The number of anilines is 1. The zero-order chi connectivity index (χ0) is 16.5. The molecule has 1 saturated carbocycles. The van der Waals surface area contributed by atoms with E-state index in [1.54, 1.807) is 6.33 Å². The maximum atomic E-state index is 12.6. The molecular formula is C18H27N5O. The van der Waals surface area contributed by atoms with Gasteiger partial charge in [-0.1, -0.05) is 6.42 Å². The van der Waals surface area contributed by atoms with Crippen molar-refractivity contribution in [1.29, 1.82) is 0 Å². The van der Waals surface area contributed by atoms with E-state index in [1.807, 2.05) is 0 Å². The first kappa shape index (κ1) is 15.8. The number of piperazine rings is 1. The second kappa shape index (κ2) is 6.67. The van der Waals surface area contributed by atoms with Gasteiger partial charge in [0.1, 0.15) is 12.1 Å². The Morgan fingerprint density at radius 2 is 1.79 bits per heavy atom. The molecule has 0 bridgehead atoms. The Kier molecular flexibility index (Phi) is 4.39. The fraction of sp³-hybridized carbons (Fsp3) is 0.722. The quantitative estimate of drug-likeness (QED) is 0.809. The van der Waals surface area contributed by atoms with Crippen molar-refractivity contribution in [2.75, 3.05) is 51.2 Å². The molecular weight excluding hydrogens is 302 g/mol. The summed E-state index contributed by atoms with van der Waals surface area (Å²) < 4.78 is 0. The number of nitrogens with zero attached hydrogens (tertiary/aromatic N) is 5. The summed E-state index contributed by atoms with van der Waals surface area (Å²) in [5.41, 5.74) is 2.41. The molecule has 0 spiro atoms. The highest BCUT2D eigenvalue weighted by Crippen LogP contribution is 2.30. The van der Waals surface area contributed by atoms with Gasteiger partial charge in [0.25, 0.3) is 0 Å². The van der Waals surface area contributed by atoms with Crippen LogP contribution in [0.1, 0.15) is 30.5 Å². The van der Waals surface area contributed by atoms with Crippen molar-refractivity contribution in [3.05, 3.63) is 17.6 Å². The van der Waals surface area contributed by atoms with Crippen LogP contribution in [0.15, 0.2) is 6.33 Å². The van der Waals surface area contributed by atoms with Crippen LogP contribution in [0.25, 0.3) is 0 Å². The number of carbonyl (C=O) groups excluding carboxylic acids is 1. The van der Waals surface area contributed by atoms with Gasteiger partial charge in [0, 0.05) is 57.2 Å². The zero-order valence-electron chi connectivity index (χ0n) is 14.6. The third kappa shape index (κ3) is 2.99. The van der Waals surface area contributed by atoms with Crippen LogP contribution in [0.2, 0.25) is 0 Å². The van der Waals surface area contributed by atoms with E-state index in [2.05, 4.69) is 31.7 Å². The Bertz CT molecular complexity index is 607. The maximum absolute atomic E-state index is 12.6. The van der Waals surface area contributed by atoms with E-state index in [9.17, 15) is 4.79 Å². The van der Waals surface area contributed by atoms with Gasteiger partial charge in [-0.2, -0.15) is 0 Å². The molecule has 1 aromatic heterocycles. The highest BCUT2D eigenvalue weighted by Gasteiger charge is 2.31. The molecule has 1 aromatic rings. The third-order valence-corrected chi connectivity index (χ3v) is 5.83. The van der Waals surface area contributed by atoms with Crippen molar-refractivity contribution in [1.82, 2.24) is 19.8 Å². The van der Waals surface area contributed by atoms with Gasteiger partial charge in [-0.3, -0.25) is 4.79 Å². The lowest BCUT2D eigenvalue weighted by Gasteiger charge is -2.34. The van der Waals surface area contributed by atoms with Crippen molar-refractivity contribution in [3.8, 4) is 0 Å². The lowest BCUT2D eigenvalue weighted by atomic mass is 9.84. The standard InChI is InChI=1S/C18H27N5O/c1-21-9-11-22(12-10-21)17-15-5-7-23(18(24)14-3-2-4-14)8-6-16(15)19-13-20-17/h13-14H,2-12H2,1H3. The fourth-order valence-corrected chi connectivity index (χ4v) is 3.93. The van der Waals surface area contributed by atoms with E-state index in [4.69, 9.17) is 0 Å². The summed E-state index contributed by atoms with van der Waals surface area (Å²) in [7, 11) is 2.17. The van der Waals surface area contributed by atoms with E-state index in [1.165, 1.54) is 12.0 Å². The summed E-state index contributed by atoms with van der Waals surface area (Å²) in [4.78, 5) is 28.5. The van der Waals surface area contributed by atoms with Gasteiger partial charge >= 0.3 is 0 Å². The number of aromatic nitrogens is 2. The van der Waals surface area contributed by atoms with E-state index in [0.29, 0.717) is 5.91 Å². The predicted molar refractivity (Wildman–Crippen MR) is 93.1 cm³/mol. The first-order valence-corrected chi connectivity index (χ1v) is 9.27. The molecule has 0 aromatic carbocycles. The van der Waals surface area contributed by atoms with Crippen molar-refractivity contribution < 1.29 is 4.79 Å². The van der Waals surface area contributed by atoms with Crippen molar-refractivity contribution in [3.63, 3.8) is 0 Å². The van der Waals surface area contributed by atoms with Crippen LogP contribution >= 0.6 is 0 Å². The average Bonchev–Trinajstić information content (AvgIpc) is 2.76. The maximum Gasteiger partial charge on any atom is 0.225 e. The van der Waals surface area contributed by atoms with Crippen LogP contribution in [0.4, 0.5) is 5.82 Å². The van der Waals surface area contributed by atoms with Crippen LogP contribution in [-0.2, 0) is 17.6 Å². The molecule has 3 heterocycles. The second-order valence-corrected chi connectivity index (χ2v) is 7.37. The van der Waals surface area contributed by atoms with Crippen LogP contribution < -0.4 is 4.90 Å². The average molecular weight is 329 g/mol. The molecule has 6 nitrogen and oxygen atoms in total. The lowest BCUT2D eigenvalue weighted by Crippen LogP contribution is -2.45. The van der Waals surface area contributed by atoms with Crippen molar-refractivity contribution >= 4 is 11.7 Å². The molecule has 24 heavy (non-hydrogen) atoms. The summed E-state index contributed by atoms with van der Waals surface area (Å²) in [6, 6.07) is 0. The number of rotatable bonds is 2. The Morgan fingerprint density at radius 3 is 2.50 bits per heavy atom. The van der Waals surface area contributed by atoms with E-state index >= 15 is 0 Å². The van der Waals surface area contributed by atoms with Gasteiger partial charge in [-0.05, 0) is 26.3 Å². The molecule has 1 amide bonds. The third-order valence-electron chi connectivity index (χ3n) is 5.83. The zero-order valence-corrected chi connectivity index (χ0v) is 14.6. The van der Waals surface area contributed by atoms with Gasteiger partial charge in [-0.15, -0.1) is 0 Å². The molecule has 3 aliphatic rings. The number of hydrogen-bond acceptors (Lipinski definition) is 5. The van der Waals surface area contributed by atoms with Gasteiger partial charge in [-0.25, -0.2) is 9.97 Å². The molecule has 2 fully saturated rings. The molecule has 0 unspecified atom stereocenters. The summed E-state index contributed by atoms with van der Waals surface area (Å²) >= 11 is 0.